The van der Waals surface area contributed by atoms with Crippen molar-refractivity contribution in [3.05, 3.63) is 29.6 Å². The molecule has 0 unspecified atom stereocenters. The van der Waals surface area contributed by atoms with Gasteiger partial charge in [-0.3, -0.25) is 9.98 Å². The number of likely N-dealkylation sites (tertiary alicyclic amines) is 1. The third kappa shape index (κ3) is 6.48. The molecule has 2 N–H and O–H groups in total. The van der Waals surface area contributed by atoms with E-state index >= 15 is 0 Å². The summed E-state index contributed by atoms with van der Waals surface area (Å²) in [5, 5.41) is 6.70. The molecule has 1 aromatic heterocycles. The number of rotatable bonds is 5. The maximum atomic E-state index is 4.38. The van der Waals surface area contributed by atoms with Crippen LogP contribution in [0.3, 0.4) is 0 Å². The molecule has 0 amide bonds. The maximum absolute atomic E-state index is 4.38. The molecule has 2 heterocycles. The summed E-state index contributed by atoms with van der Waals surface area (Å²) in [7, 11) is 1.81. The number of halogens is 1. The molecule has 22 heavy (non-hydrogen) atoms. The van der Waals surface area contributed by atoms with Crippen molar-refractivity contribution < 1.29 is 0 Å². The van der Waals surface area contributed by atoms with Crippen LogP contribution in [0.1, 0.15) is 30.5 Å². The van der Waals surface area contributed by atoms with E-state index in [1.54, 1.807) is 0 Å². The fraction of sp³-hybridized carbons (Fsp3) is 0.625. The first-order chi connectivity index (χ1) is 10.3. The Morgan fingerprint density at radius 3 is 2.73 bits per heavy atom. The monoisotopic (exact) mass is 417 g/mol. The Morgan fingerprint density at radius 1 is 1.27 bits per heavy atom. The van der Waals surface area contributed by atoms with E-state index in [-0.39, 0.29) is 24.0 Å². The van der Waals surface area contributed by atoms with Crippen LogP contribution in [0.2, 0.25) is 0 Å². The van der Waals surface area contributed by atoms with Gasteiger partial charge in [-0.05, 0) is 44.5 Å². The molecule has 0 saturated carbocycles. The zero-order valence-electron chi connectivity index (χ0n) is 13.6. The first kappa shape index (κ1) is 19.2. The minimum atomic E-state index is 0. The lowest BCUT2D eigenvalue weighted by molar-refractivity contribution is 0.232. The average molecular weight is 417 g/mol. The Kier molecular flexibility index (Phi) is 9.38. The molecule has 1 aliphatic rings. The van der Waals surface area contributed by atoms with E-state index in [1.807, 2.05) is 19.3 Å². The lowest BCUT2D eigenvalue weighted by Crippen LogP contribution is -2.42. The highest BCUT2D eigenvalue weighted by atomic mass is 127. The highest BCUT2D eigenvalue weighted by Crippen LogP contribution is 2.07. The molecule has 0 aromatic carbocycles. The van der Waals surface area contributed by atoms with Crippen molar-refractivity contribution in [1.29, 1.82) is 0 Å². The molecule has 1 saturated heterocycles. The molecule has 0 spiro atoms. The van der Waals surface area contributed by atoms with Gasteiger partial charge < -0.3 is 15.5 Å². The fourth-order valence-corrected chi connectivity index (χ4v) is 2.61. The molecule has 124 valence electrons. The van der Waals surface area contributed by atoms with Gasteiger partial charge in [0, 0.05) is 26.3 Å². The summed E-state index contributed by atoms with van der Waals surface area (Å²) in [6, 6.07) is 4.04. The van der Waals surface area contributed by atoms with Crippen LogP contribution in [-0.4, -0.2) is 49.1 Å². The van der Waals surface area contributed by atoms with Crippen molar-refractivity contribution in [3.8, 4) is 0 Å². The van der Waals surface area contributed by atoms with Crippen molar-refractivity contribution in [2.45, 2.75) is 32.7 Å². The molecular formula is C16H28IN5. The molecule has 0 bridgehead atoms. The SMILES string of the molecule is CN=C(NCCN1CCCCC1)NCc1ncccc1C.I. The van der Waals surface area contributed by atoms with Crippen LogP contribution >= 0.6 is 24.0 Å². The smallest absolute Gasteiger partial charge is 0.191 e. The van der Waals surface area contributed by atoms with E-state index in [0.29, 0.717) is 6.54 Å². The molecular weight excluding hydrogens is 389 g/mol. The zero-order valence-corrected chi connectivity index (χ0v) is 16.0. The molecule has 5 nitrogen and oxygen atoms in total. The number of aromatic nitrogens is 1. The minimum absolute atomic E-state index is 0. The first-order valence-corrected chi connectivity index (χ1v) is 7.87. The number of aliphatic imine (C=N–C) groups is 1. The molecule has 1 fully saturated rings. The van der Waals surface area contributed by atoms with E-state index in [4.69, 9.17) is 0 Å². The molecule has 1 aromatic rings. The predicted octanol–water partition coefficient (Wildman–Crippen LogP) is 2.16. The Labute approximate surface area is 151 Å². The van der Waals surface area contributed by atoms with Crippen molar-refractivity contribution in [2.24, 2.45) is 4.99 Å². The van der Waals surface area contributed by atoms with Gasteiger partial charge in [-0.25, -0.2) is 0 Å². The number of piperidine rings is 1. The van der Waals surface area contributed by atoms with E-state index in [2.05, 4.69) is 38.5 Å². The van der Waals surface area contributed by atoms with E-state index in [0.717, 1.165) is 24.7 Å². The second-order valence-corrected chi connectivity index (χ2v) is 5.52. The van der Waals surface area contributed by atoms with Crippen LogP contribution in [0.15, 0.2) is 23.3 Å². The lowest BCUT2D eigenvalue weighted by Gasteiger charge is -2.26. The van der Waals surface area contributed by atoms with E-state index in [9.17, 15) is 0 Å². The summed E-state index contributed by atoms with van der Waals surface area (Å²) in [6.45, 7) is 7.28. The molecule has 0 aliphatic carbocycles. The van der Waals surface area contributed by atoms with Crippen LogP contribution < -0.4 is 10.6 Å². The van der Waals surface area contributed by atoms with Crippen molar-refractivity contribution >= 4 is 29.9 Å². The Bertz CT molecular complexity index is 458. The third-order valence-electron chi connectivity index (χ3n) is 3.93. The van der Waals surface area contributed by atoms with Gasteiger partial charge in [0.1, 0.15) is 0 Å². The largest absolute Gasteiger partial charge is 0.355 e. The van der Waals surface area contributed by atoms with Gasteiger partial charge in [-0.15, -0.1) is 24.0 Å². The normalized spacial score (nSPS) is 16.0. The number of pyridine rings is 1. The molecule has 6 heteroatoms. The average Bonchev–Trinajstić information content (AvgIpc) is 2.53. The van der Waals surface area contributed by atoms with Gasteiger partial charge in [-0.1, -0.05) is 12.5 Å². The van der Waals surface area contributed by atoms with Crippen LogP contribution in [0, 0.1) is 6.92 Å². The van der Waals surface area contributed by atoms with Gasteiger partial charge in [0.15, 0.2) is 5.96 Å². The zero-order chi connectivity index (χ0) is 14.9. The molecule has 2 rings (SSSR count). The Balaban J connectivity index is 0.00000242. The Morgan fingerprint density at radius 2 is 2.05 bits per heavy atom. The summed E-state index contributed by atoms with van der Waals surface area (Å²) in [5.74, 6) is 0.845. The van der Waals surface area contributed by atoms with Crippen LogP contribution in [0.5, 0.6) is 0 Å². The van der Waals surface area contributed by atoms with Crippen LogP contribution in [0.4, 0.5) is 0 Å². The third-order valence-corrected chi connectivity index (χ3v) is 3.93. The number of hydrogen-bond acceptors (Lipinski definition) is 3. The first-order valence-electron chi connectivity index (χ1n) is 7.87. The number of nitrogens with one attached hydrogen (secondary N) is 2. The van der Waals surface area contributed by atoms with Crippen LogP contribution in [0.25, 0.3) is 0 Å². The van der Waals surface area contributed by atoms with Crippen molar-refractivity contribution in [3.63, 3.8) is 0 Å². The highest BCUT2D eigenvalue weighted by Gasteiger charge is 2.09. The molecule has 0 radical (unpaired) electrons. The topological polar surface area (TPSA) is 52.6 Å². The summed E-state index contributed by atoms with van der Waals surface area (Å²) in [5.41, 5.74) is 2.27. The quantitative estimate of drug-likeness (QED) is 0.438. The Hall–Kier alpha value is -0.890. The summed E-state index contributed by atoms with van der Waals surface area (Å²) in [4.78, 5) is 11.2. The summed E-state index contributed by atoms with van der Waals surface area (Å²) >= 11 is 0. The van der Waals surface area contributed by atoms with Gasteiger partial charge in [0.25, 0.3) is 0 Å². The predicted molar refractivity (Wildman–Crippen MR) is 103 cm³/mol. The van der Waals surface area contributed by atoms with Gasteiger partial charge in [0.05, 0.1) is 12.2 Å². The molecule has 1 aliphatic heterocycles. The number of aryl methyl sites for hydroxylation is 1. The standard InChI is InChI=1S/C16H27N5.HI/c1-14-7-6-8-18-15(14)13-20-16(17-2)19-9-12-21-10-4-3-5-11-21;/h6-8H,3-5,9-13H2,1-2H3,(H2,17,19,20);1H. The maximum Gasteiger partial charge on any atom is 0.191 e. The number of hydrogen-bond donors (Lipinski definition) is 2. The van der Waals surface area contributed by atoms with Crippen LogP contribution in [-0.2, 0) is 6.54 Å². The second kappa shape index (κ2) is 10.8. The van der Waals surface area contributed by atoms with Crippen molar-refractivity contribution in [2.75, 3.05) is 33.2 Å². The molecule has 0 atom stereocenters. The van der Waals surface area contributed by atoms with E-state index < -0.39 is 0 Å². The second-order valence-electron chi connectivity index (χ2n) is 5.52. The fourth-order valence-electron chi connectivity index (χ4n) is 2.61. The lowest BCUT2D eigenvalue weighted by atomic mass is 10.1. The summed E-state index contributed by atoms with van der Waals surface area (Å²) < 4.78 is 0. The number of nitrogens with zero attached hydrogens (tertiary/aromatic N) is 3. The van der Waals surface area contributed by atoms with E-state index in [1.165, 1.54) is 37.9 Å². The highest BCUT2D eigenvalue weighted by molar-refractivity contribution is 14.0. The summed E-state index contributed by atoms with van der Waals surface area (Å²) in [6.07, 6.45) is 5.89. The number of guanidine groups is 1. The van der Waals surface area contributed by atoms with Crippen molar-refractivity contribution in [1.82, 2.24) is 20.5 Å². The minimum Gasteiger partial charge on any atom is -0.355 e. The van der Waals surface area contributed by atoms with Gasteiger partial charge in [-0.2, -0.15) is 0 Å². The van der Waals surface area contributed by atoms with Gasteiger partial charge in [0.2, 0.25) is 0 Å². The van der Waals surface area contributed by atoms with Gasteiger partial charge >= 0.3 is 0 Å².